The van der Waals surface area contributed by atoms with Gasteiger partial charge in [-0.1, -0.05) is 31.7 Å². The van der Waals surface area contributed by atoms with Crippen LogP contribution in [0.4, 0.5) is 5.69 Å². The second kappa shape index (κ2) is 5.89. The van der Waals surface area contributed by atoms with Crippen LogP contribution in [0, 0.1) is 0 Å². The summed E-state index contributed by atoms with van der Waals surface area (Å²) >= 11 is 0. The van der Waals surface area contributed by atoms with Crippen LogP contribution in [0.15, 0.2) is 24.3 Å². The topological polar surface area (TPSA) is 46.3 Å². The van der Waals surface area contributed by atoms with Crippen molar-refractivity contribution in [3.63, 3.8) is 0 Å². The van der Waals surface area contributed by atoms with Gasteiger partial charge in [-0.3, -0.25) is 4.79 Å². The lowest BCUT2D eigenvalue weighted by Crippen LogP contribution is -2.36. The predicted molar refractivity (Wildman–Crippen MR) is 74.4 cm³/mol. The van der Waals surface area contributed by atoms with Gasteiger partial charge < -0.3 is 10.6 Å². The summed E-state index contributed by atoms with van der Waals surface area (Å²) in [4.78, 5) is 14.3. The Balaban J connectivity index is 2.07. The first-order valence-electron chi connectivity index (χ1n) is 6.81. The fourth-order valence-corrected chi connectivity index (χ4v) is 2.69. The molecule has 0 bridgehead atoms. The number of carbonyl (C=O) groups is 1. The van der Waals surface area contributed by atoms with Crippen molar-refractivity contribution in [2.24, 2.45) is 0 Å². The SMILES string of the molecule is CN(C(=O)c1cccc(N)c1)C1CCCCCC1. The highest BCUT2D eigenvalue weighted by atomic mass is 16.2. The Labute approximate surface area is 109 Å². The van der Waals surface area contributed by atoms with Crippen LogP contribution in [-0.4, -0.2) is 23.9 Å². The fourth-order valence-electron chi connectivity index (χ4n) is 2.69. The monoisotopic (exact) mass is 246 g/mol. The normalized spacial score (nSPS) is 17.2. The van der Waals surface area contributed by atoms with E-state index in [-0.39, 0.29) is 5.91 Å². The molecule has 1 aliphatic rings. The molecule has 98 valence electrons. The number of nitrogen functional groups attached to an aromatic ring is 1. The van der Waals surface area contributed by atoms with Gasteiger partial charge in [0.15, 0.2) is 0 Å². The fraction of sp³-hybridized carbons (Fsp3) is 0.533. The van der Waals surface area contributed by atoms with E-state index in [4.69, 9.17) is 5.73 Å². The van der Waals surface area contributed by atoms with Crippen LogP contribution in [0.25, 0.3) is 0 Å². The van der Waals surface area contributed by atoms with Gasteiger partial charge in [0.25, 0.3) is 5.91 Å². The molecule has 1 aromatic carbocycles. The zero-order chi connectivity index (χ0) is 13.0. The van der Waals surface area contributed by atoms with Crippen LogP contribution >= 0.6 is 0 Å². The predicted octanol–water partition coefficient (Wildman–Crippen LogP) is 3.06. The van der Waals surface area contributed by atoms with E-state index >= 15 is 0 Å². The van der Waals surface area contributed by atoms with Gasteiger partial charge in [0, 0.05) is 24.3 Å². The average molecular weight is 246 g/mol. The van der Waals surface area contributed by atoms with Gasteiger partial charge in [0.05, 0.1) is 0 Å². The molecule has 1 aliphatic carbocycles. The van der Waals surface area contributed by atoms with Gasteiger partial charge in [0.2, 0.25) is 0 Å². The van der Waals surface area contributed by atoms with Crippen molar-refractivity contribution in [3.05, 3.63) is 29.8 Å². The lowest BCUT2D eigenvalue weighted by atomic mass is 10.1. The van der Waals surface area contributed by atoms with Crippen LogP contribution in [-0.2, 0) is 0 Å². The molecule has 1 aromatic rings. The van der Waals surface area contributed by atoms with Crippen molar-refractivity contribution in [1.82, 2.24) is 4.90 Å². The zero-order valence-corrected chi connectivity index (χ0v) is 11.1. The number of benzene rings is 1. The summed E-state index contributed by atoms with van der Waals surface area (Å²) in [6.45, 7) is 0. The molecule has 0 unspecified atom stereocenters. The molecule has 1 fully saturated rings. The van der Waals surface area contributed by atoms with E-state index in [1.807, 2.05) is 30.1 Å². The summed E-state index contributed by atoms with van der Waals surface area (Å²) in [7, 11) is 1.92. The van der Waals surface area contributed by atoms with Crippen molar-refractivity contribution >= 4 is 11.6 Å². The van der Waals surface area contributed by atoms with Gasteiger partial charge in [-0.2, -0.15) is 0 Å². The number of anilines is 1. The highest BCUT2D eigenvalue weighted by Crippen LogP contribution is 2.22. The Morgan fingerprint density at radius 2 is 1.89 bits per heavy atom. The Bertz CT molecular complexity index is 409. The molecule has 0 heterocycles. The number of carbonyl (C=O) groups excluding carboxylic acids is 1. The van der Waals surface area contributed by atoms with E-state index in [2.05, 4.69) is 0 Å². The molecule has 1 amide bonds. The number of amides is 1. The number of nitrogens with zero attached hydrogens (tertiary/aromatic N) is 1. The molecule has 2 N–H and O–H groups in total. The number of hydrogen-bond acceptors (Lipinski definition) is 2. The van der Waals surface area contributed by atoms with Crippen LogP contribution < -0.4 is 5.73 Å². The van der Waals surface area contributed by atoms with E-state index in [1.54, 1.807) is 6.07 Å². The summed E-state index contributed by atoms with van der Waals surface area (Å²) in [5, 5.41) is 0. The molecule has 3 nitrogen and oxygen atoms in total. The minimum Gasteiger partial charge on any atom is -0.399 e. The maximum atomic E-state index is 12.4. The summed E-state index contributed by atoms with van der Waals surface area (Å²) in [6, 6.07) is 7.63. The van der Waals surface area contributed by atoms with Gasteiger partial charge in [0.1, 0.15) is 0 Å². The molecule has 1 saturated carbocycles. The number of hydrogen-bond donors (Lipinski definition) is 1. The quantitative estimate of drug-likeness (QED) is 0.644. The highest BCUT2D eigenvalue weighted by molar-refractivity contribution is 5.95. The van der Waals surface area contributed by atoms with Crippen molar-refractivity contribution in [3.8, 4) is 0 Å². The molecule has 0 atom stereocenters. The van der Waals surface area contributed by atoms with E-state index in [0.717, 1.165) is 12.8 Å². The molecule has 2 rings (SSSR count). The molecule has 0 aliphatic heterocycles. The minimum atomic E-state index is 0.0919. The van der Waals surface area contributed by atoms with Gasteiger partial charge in [-0.25, -0.2) is 0 Å². The largest absolute Gasteiger partial charge is 0.399 e. The number of nitrogens with two attached hydrogens (primary N) is 1. The van der Waals surface area contributed by atoms with Crippen LogP contribution in [0.5, 0.6) is 0 Å². The van der Waals surface area contributed by atoms with Crippen LogP contribution in [0.2, 0.25) is 0 Å². The first-order chi connectivity index (χ1) is 8.68. The molecular weight excluding hydrogens is 224 g/mol. The summed E-state index contributed by atoms with van der Waals surface area (Å²) < 4.78 is 0. The molecule has 18 heavy (non-hydrogen) atoms. The highest BCUT2D eigenvalue weighted by Gasteiger charge is 2.22. The molecule has 0 radical (unpaired) electrons. The van der Waals surface area contributed by atoms with Crippen molar-refractivity contribution in [2.75, 3.05) is 12.8 Å². The molecule has 0 aromatic heterocycles. The third-order valence-electron chi connectivity index (χ3n) is 3.83. The van der Waals surface area contributed by atoms with Gasteiger partial charge in [-0.15, -0.1) is 0 Å². The second-order valence-corrected chi connectivity index (χ2v) is 5.19. The maximum absolute atomic E-state index is 12.4. The molecule has 0 spiro atoms. The molecular formula is C15H22N2O. The average Bonchev–Trinajstić information content (AvgIpc) is 2.66. The Kier molecular flexibility index (Phi) is 4.24. The van der Waals surface area contributed by atoms with Gasteiger partial charge >= 0.3 is 0 Å². The number of rotatable bonds is 2. The summed E-state index contributed by atoms with van der Waals surface area (Å²) in [6.07, 6.45) is 7.33. The van der Waals surface area contributed by atoms with Gasteiger partial charge in [-0.05, 0) is 31.0 Å². The van der Waals surface area contributed by atoms with E-state index in [9.17, 15) is 4.79 Å². The summed E-state index contributed by atoms with van der Waals surface area (Å²) in [5.41, 5.74) is 7.07. The smallest absolute Gasteiger partial charge is 0.253 e. The van der Waals surface area contributed by atoms with Crippen molar-refractivity contribution in [2.45, 2.75) is 44.6 Å². The third kappa shape index (κ3) is 3.03. The van der Waals surface area contributed by atoms with E-state index in [0.29, 0.717) is 17.3 Å². The van der Waals surface area contributed by atoms with Crippen LogP contribution in [0.1, 0.15) is 48.9 Å². The Morgan fingerprint density at radius 3 is 2.50 bits per heavy atom. The van der Waals surface area contributed by atoms with Crippen LogP contribution in [0.3, 0.4) is 0 Å². The lowest BCUT2D eigenvalue weighted by molar-refractivity contribution is 0.0718. The summed E-state index contributed by atoms with van der Waals surface area (Å²) in [5.74, 6) is 0.0919. The second-order valence-electron chi connectivity index (χ2n) is 5.19. The first-order valence-corrected chi connectivity index (χ1v) is 6.81. The van der Waals surface area contributed by atoms with Crippen molar-refractivity contribution < 1.29 is 4.79 Å². The molecule has 3 heteroatoms. The van der Waals surface area contributed by atoms with Crippen molar-refractivity contribution in [1.29, 1.82) is 0 Å². The van der Waals surface area contributed by atoms with E-state index in [1.165, 1.54) is 25.7 Å². The van der Waals surface area contributed by atoms with E-state index < -0.39 is 0 Å². The first kappa shape index (κ1) is 12.9. The standard InChI is InChI=1S/C15H22N2O/c1-17(14-9-4-2-3-5-10-14)15(18)12-7-6-8-13(16)11-12/h6-8,11,14H,2-5,9-10,16H2,1H3. The minimum absolute atomic E-state index is 0.0919. The zero-order valence-electron chi connectivity index (χ0n) is 11.1. The molecule has 0 saturated heterocycles. The Hall–Kier alpha value is -1.51. The Morgan fingerprint density at radius 1 is 1.22 bits per heavy atom. The lowest BCUT2D eigenvalue weighted by Gasteiger charge is -2.27. The maximum Gasteiger partial charge on any atom is 0.253 e. The third-order valence-corrected chi connectivity index (χ3v) is 3.83.